The van der Waals surface area contributed by atoms with E-state index in [2.05, 4.69) is 5.32 Å². The highest BCUT2D eigenvalue weighted by Crippen LogP contribution is 2.41. The Kier molecular flexibility index (Phi) is 3.41. The lowest BCUT2D eigenvalue weighted by atomic mass is 9.98. The predicted octanol–water partition coefficient (Wildman–Crippen LogP) is 3.31. The minimum atomic E-state index is -0.397. The summed E-state index contributed by atoms with van der Waals surface area (Å²) in [7, 11) is 0. The molecule has 4 nitrogen and oxygen atoms in total. The average Bonchev–Trinajstić information content (AvgIpc) is 3.12. The second kappa shape index (κ2) is 5.60. The number of rotatable bonds is 3. The highest BCUT2D eigenvalue weighted by Gasteiger charge is 2.32. The summed E-state index contributed by atoms with van der Waals surface area (Å²) in [5.41, 5.74) is 4.34. The maximum atomic E-state index is 13.6. The number of nitrogens with one attached hydrogen (secondary N) is 1. The van der Waals surface area contributed by atoms with Crippen LogP contribution in [0.1, 0.15) is 28.7 Å². The summed E-state index contributed by atoms with van der Waals surface area (Å²) < 4.78 is 19.3. The van der Waals surface area contributed by atoms with Gasteiger partial charge in [0.2, 0.25) is 0 Å². The molecule has 1 amide bonds. The van der Waals surface area contributed by atoms with Gasteiger partial charge in [0.05, 0.1) is 5.57 Å². The SMILES string of the molecule is O=CCCc1ccc2c(c1)CO/C2=C1/C(=O)Nc2ccc(F)cc21. The number of hydrogen-bond acceptors (Lipinski definition) is 3. The Bertz CT molecular complexity index is 901. The number of aldehydes is 1. The molecule has 0 saturated carbocycles. The quantitative estimate of drug-likeness (QED) is 0.696. The van der Waals surface area contributed by atoms with Crippen molar-refractivity contribution < 1.29 is 18.7 Å². The maximum Gasteiger partial charge on any atom is 0.260 e. The van der Waals surface area contributed by atoms with Crippen LogP contribution in [0.4, 0.5) is 10.1 Å². The van der Waals surface area contributed by atoms with Gasteiger partial charge in [-0.2, -0.15) is 0 Å². The number of carbonyl (C=O) groups is 2. The zero-order chi connectivity index (χ0) is 16.7. The predicted molar refractivity (Wildman–Crippen MR) is 87.5 cm³/mol. The molecule has 2 aromatic carbocycles. The Morgan fingerprint density at radius 2 is 2.04 bits per heavy atom. The summed E-state index contributed by atoms with van der Waals surface area (Å²) in [5, 5.41) is 2.74. The van der Waals surface area contributed by atoms with E-state index in [4.69, 9.17) is 4.74 Å². The van der Waals surface area contributed by atoms with Crippen LogP contribution in [0, 0.1) is 5.82 Å². The first-order valence-electron chi connectivity index (χ1n) is 7.71. The van der Waals surface area contributed by atoms with Gasteiger partial charge in [-0.05, 0) is 30.2 Å². The summed E-state index contributed by atoms with van der Waals surface area (Å²) in [4.78, 5) is 22.8. The standard InChI is InChI=1S/C19H14FNO3/c20-13-4-6-16-15(9-13)17(19(23)21-16)18-14-5-3-11(2-1-7-22)8-12(14)10-24-18/h3-9H,1-2,10H2,(H,21,23)/b18-17+. The van der Waals surface area contributed by atoms with Gasteiger partial charge >= 0.3 is 0 Å². The number of ether oxygens (including phenoxy) is 1. The summed E-state index contributed by atoms with van der Waals surface area (Å²) >= 11 is 0. The van der Waals surface area contributed by atoms with E-state index in [1.54, 1.807) is 6.07 Å². The fraction of sp³-hybridized carbons (Fsp3) is 0.158. The highest BCUT2D eigenvalue weighted by molar-refractivity contribution is 6.36. The molecule has 4 rings (SSSR count). The molecule has 5 heteroatoms. The third-order valence-corrected chi connectivity index (χ3v) is 4.29. The smallest absolute Gasteiger partial charge is 0.260 e. The van der Waals surface area contributed by atoms with Crippen LogP contribution in [-0.2, 0) is 27.4 Å². The highest BCUT2D eigenvalue weighted by atomic mass is 19.1. The lowest BCUT2D eigenvalue weighted by Gasteiger charge is -2.05. The minimum Gasteiger partial charge on any atom is -0.487 e. The van der Waals surface area contributed by atoms with Crippen molar-refractivity contribution in [2.24, 2.45) is 0 Å². The van der Waals surface area contributed by atoms with Crippen molar-refractivity contribution in [2.75, 3.05) is 5.32 Å². The first-order valence-corrected chi connectivity index (χ1v) is 7.71. The van der Waals surface area contributed by atoms with Crippen LogP contribution >= 0.6 is 0 Å². The molecule has 1 N–H and O–H groups in total. The molecule has 24 heavy (non-hydrogen) atoms. The van der Waals surface area contributed by atoms with E-state index in [0.29, 0.717) is 42.0 Å². The van der Waals surface area contributed by atoms with E-state index in [1.807, 2.05) is 18.2 Å². The molecule has 0 unspecified atom stereocenters. The number of fused-ring (bicyclic) bond motifs is 2. The lowest BCUT2D eigenvalue weighted by Crippen LogP contribution is -2.05. The topological polar surface area (TPSA) is 55.4 Å². The summed E-state index contributed by atoms with van der Waals surface area (Å²) in [6.07, 6.45) is 2.05. The summed E-state index contributed by atoms with van der Waals surface area (Å²) in [6, 6.07) is 10.0. The van der Waals surface area contributed by atoms with Gasteiger partial charge in [-0.3, -0.25) is 4.79 Å². The molecule has 2 aliphatic heterocycles. The van der Waals surface area contributed by atoms with Crippen molar-refractivity contribution in [3.63, 3.8) is 0 Å². The summed E-state index contributed by atoms with van der Waals surface area (Å²) in [5.74, 6) is -0.206. The van der Waals surface area contributed by atoms with Crippen LogP contribution < -0.4 is 5.32 Å². The first-order chi connectivity index (χ1) is 11.7. The number of halogens is 1. The molecule has 0 atom stereocenters. The van der Waals surface area contributed by atoms with Crippen molar-refractivity contribution in [2.45, 2.75) is 19.4 Å². The molecular formula is C19H14FNO3. The largest absolute Gasteiger partial charge is 0.487 e. The van der Waals surface area contributed by atoms with Gasteiger partial charge in [-0.25, -0.2) is 4.39 Å². The number of carbonyl (C=O) groups excluding carboxylic acids is 2. The van der Waals surface area contributed by atoms with Crippen LogP contribution in [-0.4, -0.2) is 12.2 Å². The van der Waals surface area contributed by atoms with Gasteiger partial charge < -0.3 is 14.8 Å². The van der Waals surface area contributed by atoms with E-state index >= 15 is 0 Å². The number of aryl methyl sites for hydroxylation is 1. The van der Waals surface area contributed by atoms with Crippen molar-refractivity contribution in [1.29, 1.82) is 0 Å². The zero-order valence-electron chi connectivity index (χ0n) is 12.8. The molecule has 0 aliphatic carbocycles. The maximum absolute atomic E-state index is 13.6. The molecule has 0 radical (unpaired) electrons. The molecule has 0 bridgehead atoms. The number of hydrogen-bond donors (Lipinski definition) is 1. The molecule has 120 valence electrons. The van der Waals surface area contributed by atoms with Crippen LogP contribution in [0.3, 0.4) is 0 Å². The van der Waals surface area contributed by atoms with Crippen LogP contribution in [0.25, 0.3) is 11.3 Å². The van der Waals surface area contributed by atoms with Gasteiger partial charge in [0.1, 0.15) is 24.5 Å². The monoisotopic (exact) mass is 323 g/mol. The fourth-order valence-electron chi connectivity index (χ4n) is 3.17. The van der Waals surface area contributed by atoms with Crippen molar-refractivity contribution >= 4 is 29.2 Å². The first kappa shape index (κ1) is 14.6. The molecule has 0 fully saturated rings. The Balaban J connectivity index is 1.80. The van der Waals surface area contributed by atoms with Crippen molar-refractivity contribution in [3.8, 4) is 0 Å². The molecule has 2 aliphatic rings. The van der Waals surface area contributed by atoms with Gasteiger partial charge in [0.25, 0.3) is 5.91 Å². The fourth-order valence-corrected chi connectivity index (χ4v) is 3.17. The third-order valence-electron chi connectivity index (χ3n) is 4.29. The van der Waals surface area contributed by atoms with Crippen LogP contribution in [0.2, 0.25) is 0 Å². The molecule has 2 heterocycles. The minimum absolute atomic E-state index is 0.288. The molecule has 2 aromatic rings. The van der Waals surface area contributed by atoms with Crippen molar-refractivity contribution in [3.05, 3.63) is 64.5 Å². The molecule has 0 aromatic heterocycles. The van der Waals surface area contributed by atoms with E-state index in [0.717, 1.165) is 23.0 Å². The van der Waals surface area contributed by atoms with E-state index < -0.39 is 5.82 Å². The van der Waals surface area contributed by atoms with E-state index in [1.165, 1.54) is 12.1 Å². The van der Waals surface area contributed by atoms with Gasteiger partial charge in [0.15, 0.2) is 0 Å². The normalized spacial score (nSPS) is 18.0. The Morgan fingerprint density at radius 3 is 2.88 bits per heavy atom. The second-order valence-corrected chi connectivity index (χ2v) is 5.83. The second-order valence-electron chi connectivity index (χ2n) is 5.83. The molecular weight excluding hydrogens is 309 g/mol. The van der Waals surface area contributed by atoms with E-state index in [-0.39, 0.29) is 5.91 Å². The van der Waals surface area contributed by atoms with Crippen LogP contribution in [0.5, 0.6) is 0 Å². The van der Waals surface area contributed by atoms with Crippen molar-refractivity contribution in [1.82, 2.24) is 0 Å². The Morgan fingerprint density at radius 1 is 1.17 bits per heavy atom. The number of anilines is 1. The third kappa shape index (κ3) is 2.29. The van der Waals surface area contributed by atoms with Crippen LogP contribution in [0.15, 0.2) is 36.4 Å². The van der Waals surface area contributed by atoms with Gasteiger partial charge in [0, 0.05) is 28.8 Å². The Labute approximate surface area is 137 Å². The average molecular weight is 323 g/mol. The van der Waals surface area contributed by atoms with Gasteiger partial charge in [-0.1, -0.05) is 18.2 Å². The molecule has 0 saturated heterocycles. The number of benzene rings is 2. The van der Waals surface area contributed by atoms with Gasteiger partial charge in [-0.15, -0.1) is 0 Å². The summed E-state index contributed by atoms with van der Waals surface area (Å²) in [6.45, 7) is 0.362. The number of amides is 1. The Hall–Kier alpha value is -2.95. The van der Waals surface area contributed by atoms with E-state index in [9.17, 15) is 14.0 Å². The zero-order valence-corrected chi connectivity index (χ0v) is 12.8. The lowest BCUT2D eigenvalue weighted by molar-refractivity contribution is -0.111. The molecule has 0 spiro atoms.